The molecule has 0 amide bonds. The Labute approximate surface area is 114 Å². The number of nitrogens with zero attached hydrogens (tertiary/aromatic N) is 1. The van der Waals surface area contributed by atoms with Gasteiger partial charge >= 0.3 is 0 Å². The molecule has 3 nitrogen and oxygen atoms in total. The van der Waals surface area contributed by atoms with Crippen LogP contribution in [0.4, 0.5) is 10.1 Å². The van der Waals surface area contributed by atoms with E-state index in [-0.39, 0.29) is 24.5 Å². The summed E-state index contributed by atoms with van der Waals surface area (Å²) in [4.78, 5) is 2.20. The van der Waals surface area contributed by atoms with Gasteiger partial charge in [0.05, 0.1) is 12.6 Å². The minimum absolute atomic E-state index is 0.116. The van der Waals surface area contributed by atoms with E-state index in [1.54, 1.807) is 6.07 Å². The summed E-state index contributed by atoms with van der Waals surface area (Å²) in [6.45, 7) is 2.90. The van der Waals surface area contributed by atoms with Gasteiger partial charge < -0.3 is 15.7 Å². The van der Waals surface area contributed by atoms with Crippen molar-refractivity contribution in [3.8, 4) is 0 Å². The molecule has 0 spiro atoms. The van der Waals surface area contributed by atoms with Crippen LogP contribution in [0.5, 0.6) is 0 Å². The summed E-state index contributed by atoms with van der Waals surface area (Å²) in [5, 5.41) is 9.58. The van der Waals surface area contributed by atoms with Crippen LogP contribution in [0.2, 0.25) is 0 Å². The average molecular weight is 266 g/mol. The maximum absolute atomic E-state index is 13.4. The van der Waals surface area contributed by atoms with E-state index in [9.17, 15) is 9.50 Å². The smallest absolute Gasteiger partial charge is 0.123 e. The molecule has 106 valence electrons. The van der Waals surface area contributed by atoms with E-state index in [1.807, 2.05) is 6.92 Å². The molecule has 1 aromatic rings. The molecule has 1 saturated heterocycles. The summed E-state index contributed by atoms with van der Waals surface area (Å²) in [6, 6.07) is 4.68. The Morgan fingerprint density at radius 1 is 1.42 bits per heavy atom. The first-order valence-corrected chi connectivity index (χ1v) is 7.06. The Morgan fingerprint density at radius 2 is 2.21 bits per heavy atom. The molecule has 1 fully saturated rings. The monoisotopic (exact) mass is 266 g/mol. The second-order valence-corrected chi connectivity index (χ2v) is 5.37. The maximum atomic E-state index is 13.4. The first kappa shape index (κ1) is 14.3. The SMILES string of the molecule is C[C@@H](N)c1cc(F)ccc1N1CCCCCC1CO. The van der Waals surface area contributed by atoms with Crippen LogP contribution < -0.4 is 10.6 Å². The Balaban J connectivity index is 2.37. The van der Waals surface area contributed by atoms with Crippen molar-refractivity contribution in [3.05, 3.63) is 29.6 Å². The third kappa shape index (κ3) is 3.25. The van der Waals surface area contributed by atoms with E-state index >= 15 is 0 Å². The zero-order valence-corrected chi connectivity index (χ0v) is 11.5. The quantitative estimate of drug-likeness (QED) is 0.884. The Hall–Kier alpha value is -1.13. The first-order valence-electron chi connectivity index (χ1n) is 7.06. The summed E-state index contributed by atoms with van der Waals surface area (Å²) in [7, 11) is 0. The highest BCUT2D eigenvalue weighted by atomic mass is 19.1. The molecule has 2 rings (SSSR count). The number of benzene rings is 1. The van der Waals surface area contributed by atoms with Crippen molar-refractivity contribution in [2.24, 2.45) is 5.73 Å². The van der Waals surface area contributed by atoms with Crippen LogP contribution in [-0.4, -0.2) is 24.3 Å². The molecule has 2 atom stereocenters. The molecule has 0 saturated carbocycles. The van der Waals surface area contributed by atoms with Crippen LogP contribution in [0, 0.1) is 5.82 Å². The largest absolute Gasteiger partial charge is 0.394 e. The number of rotatable bonds is 3. The highest BCUT2D eigenvalue weighted by Gasteiger charge is 2.23. The molecule has 3 N–H and O–H groups in total. The molecule has 19 heavy (non-hydrogen) atoms. The van der Waals surface area contributed by atoms with E-state index in [2.05, 4.69) is 4.90 Å². The van der Waals surface area contributed by atoms with Crippen molar-refractivity contribution >= 4 is 5.69 Å². The number of halogens is 1. The molecule has 1 unspecified atom stereocenters. The van der Waals surface area contributed by atoms with E-state index in [0.29, 0.717) is 0 Å². The molecule has 0 aliphatic carbocycles. The fourth-order valence-corrected chi connectivity index (χ4v) is 2.84. The lowest BCUT2D eigenvalue weighted by Crippen LogP contribution is -2.38. The highest BCUT2D eigenvalue weighted by molar-refractivity contribution is 5.56. The average Bonchev–Trinajstić information content (AvgIpc) is 2.63. The Morgan fingerprint density at radius 3 is 2.89 bits per heavy atom. The molecule has 0 bridgehead atoms. The van der Waals surface area contributed by atoms with Gasteiger partial charge in [0.15, 0.2) is 0 Å². The topological polar surface area (TPSA) is 49.5 Å². The van der Waals surface area contributed by atoms with Gasteiger partial charge in [-0.1, -0.05) is 12.8 Å². The first-order chi connectivity index (χ1) is 9.13. The minimum Gasteiger partial charge on any atom is -0.394 e. The molecule has 1 aromatic carbocycles. The molecule has 1 aliphatic heterocycles. The predicted molar refractivity (Wildman–Crippen MR) is 75.7 cm³/mol. The highest BCUT2D eigenvalue weighted by Crippen LogP contribution is 2.30. The van der Waals surface area contributed by atoms with Crippen LogP contribution in [0.25, 0.3) is 0 Å². The second-order valence-electron chi connectivity index (χ2n) is 5.37. The van der Waals surface area contributed by atoms with Crippen LogP contribution in [0.1, 0.15) is 44.2 Å². The van der Waals surface area contributed by atoms with Gasteiger partial charge in [-0.3, -0.25) is 0 Å². The van der Waals surface area contributed by atoms with Gasteiger partial charge in [0.1, 0.15) is 5.82 Å². The lowest BCUT2D eigenvalue weighted by atomic mass is 10.0. The molecule has 1 aliphatic rings. The number of aliphatic hydroxyl groups is 1. The number of nitrogens with two attached hydrogens (primary N) is 1. The van der Waals surface area contributed by atoms with Crippen molar-refractivity contribution in [1.29, 1.82) is 0 Å². The van der Waals surface area contributed by atoms with Crippen molar-refractivity contribution < 1.29 is 9.50 Å². The van der Waals surface area contributed by atoms with Crippen molar-refractivity contribution in [3.63, 3.8) is 0 Å². The summed E-state index contributed by atoms with van der Waals surface area (Å²) < 4.78 is 13.4. The zero-order chi connectivity index (χ0) is 13.8. The van der Waals surface area contributed by atoms with Crippen LogP contribution in [-0.2, 0) is 0 Å². The summed E-state index contributed by atoms with van der Waals surface area (Å²) >= 11 is 0. The lowest BCUT2D eigenvalue weighted by Gasteiger charge is -2.33. The fraction of sp³-hybridized carbons (Fsp3) is 0.600. The zero-order valence-electron chi connectivity index (χ0n) is 11.5. The summed E-state index contributed by atoms with van der Waals surface area (Å²) in [5.74, 6) is -0.258. The molecule has 4 heteroatoms. The van der Waals surface area contributed by atoms with Crippen molar-refractivity contribution in [2.75, 3.05) is 18.1 Å². The molecule has 1 heterocycles. The van der Waals surface area contributed by atoms with E-state index < -0.39 is 0 Å². The van der Waals surface area contributed by atoms with Crippen molar-refractivity contribution in [2.45, 2.75) is 44.7 Å². The number of aliphatic hydroxyl groups excluding tert-OH is 1. The standard InChI is InChI=1S/C15H23FN2O/c1-11(17)14-9-12(16)6-7-15(14)18-8-4-2-3-5-13(18)10-19/h6-7,9,11,13,19H,2-5,8,10,17H2,1H3/t11-,13?/m1/s1. The van der Waals surface area contributed by atoms with Crippen molar-refractivity contribution in [1.82, 2.24) is 0 Å². The maximum Gasteiger partial charge on any atom is 0.123 e. The van der Waals surface area contributed by atoms with Gasteiger partial charge in [0.25, 0.3) is 0 Å². The molecule has 0 radical (unpaired) electrons. The summed E-state index contributed by atoms with van der Waals surface area (Å²) in [5.41, 5.74) is 7.75. The van der Waals surface area contributed by atoms with Crippen LogP contribution >= 0.6 is 0 Å². The Kier molecular flexibility index (Phi) is 4.77. The third-order valence-electron chi connectivity index (χ3n) is 3.88. The van der Waals surface area contributed by atoms with E-state index in [1.165, 1.54) is 18.6 Å². The van der Waals surface area contributed by atoms with Gasteiger partial charge in [-0.25, -0.2) is 4.39 Å². The van der Waals surface area contributed by atoms with Gasteiger partial charge in [-0.05, 0) is 43.5 Å². The van der Waals surface area contributed by atoms with Crippen LogP contribution in [0.15, 0.2) is 18.2 Å². The van der Waals surface area contributed by atoms with E-state index in [0.717, 1.165) is 37.1 Å². The number of hydrogen-bond acceptors (Lipinski definition) is 3. The summed E-state index contributed by atoms with van der Waals surface area (Å²) in [6.07, 6.45) is 4.40. The molecule has 0 aromatic heterocycles. The second kappa shape index (κ2) is 6.35. The number of anilines is 1. The minimum atomic E-state index is -0.258. The third-order valence-corrected chi connectivity index (χ3v) is 3.88. The normalized spacial score (nSPS) is 22.1. The van der Waals surface area contributed by atoms with Gasteiger partial charge in [0, 0.05) is 18.3 Å². The number of hydrogen-bond donors (Lipinski definition) is 2. The molecular weight excluding hydrogens is 243 g/mol. The fourth-order valence-electron chi connectivity index (χ4n) is 2.84. The lowest BCUT2D eigenvalue weighted by molar-refractivity contribution is 0.255. The molecular formula is C15H23FN2O. The van der Waals surface area contributed by atoms with Gasteiger partial charge in [-0.15, -0.1) is 0 Å². The predicted octanol–water partition coefficient (Wildman–Crippen LogP) is 2.59. The Bertz CT molecular complexity index is 423. The van der Waals surface area contributed by atoms with Gasteiger partial charge in [-0.2, -0.15) is 0 Å². The van der Waals surface area contributed by atoms with E-state index in [4.69, 9.17) is 5.73 Å². The van der Waals surface area contributed by atoms with Crippen LogP contribution in [0.3, 0.4) is 0 Å². The van der Waals surface area contributed by atoms with Gasteiger partial charge in [0.2, 0.25) is 0 Å².